The molecule has 2 saturated heterocycles. The van der Waals surface area contributed by atoms with Gasteiger partial charge in [0, 0.05) is 26.2 Å². The summed E-state index contributed by atoms with van der Waals surface area (Å²) in [7, 11) is 0. The van der Waals surface area contributed by atoms with Gasteiger partial charge >= 0.3 is 0 Å². The predicted molar refractivity (Wildman–Crippen MR) is 108 cm³/mol. The molecular weight excluding hydrogens is 352 g/mol. The average molecular weight is 380 g/mol. The van der Waals surface area contributed by atoms with E-state index in [4.69, 9.17) is 4.74 Å². The van der Waals surface area contributed by atoms with Crippen molar-refractivity contribution in [2.75, 3.05) is 39.4 Å². The molecule has 4 rings (SSSR count). The van der Waals surface area contributed by atoms with E-state index in [0.717, 1.165) is 31.9 Å². The highest BCUT2D eigenvalue weighted by Crippen LogP contribution is 2.26. The van der Waals surface area contributed by atoms with Crippen LogP contribution in [0.15, 0.2) is 60.7 Å². The number of ether oxygens (including phenoxy) is 1. The van der Waals surface area contributed by atoms with Gasteiger partial charge in [0.15, 0.2) is 0 Å². The van der Waals surface area contributed by atoms with Gasteiger partial charge in [-0.15, -0.1) is 0 Å². The van der Waals surface area contributed by atoms with E-state index < -0.39 is 0 Å². The Morgan fingerprint density at radius 1 is 1.07 bits per heavy atom. The first-order chi connectivity index (χ1) is 13.8. The Bertz CT molecular complexity index is 750. The van der Waals surface area contributed by atoms with Gasteiger partial charge in [-0.25, -0.2) is 5.43 Å². The number of carbonyl (C=O) groups is 1. The maximum absolute atomic E-state index is 13.0. The second kappa shape index (κ2) is 9.30. The van der Waals surface area contributed by atoms with Crippen LogP contribution in [0.2, 0.25) is 0 Å². The number of amides is 1. The molecule has 3 unspecified atom stereocenters. The molecule has 148 valence electrons. The van der Waals surface area contributed by atoms with Crippen molar-refractivity contribution in [3.8, 4) is 0 Å². The van der Waals surface area contributed by atoms with Gasteiger partial charge in [-0.2, -0.15) is 0 Å². The van der Waals surface area contributed by atoms with Crippen LogP contribution in [0, 0.1) is 5.92 Å². The van der Waals surface area contributed by atoms with Crippen LogP contribution in [-0.2, 0) is 9.53 Å². The van der Waals surface area contributed by atoms with Crippen molar-refractivity contribution >= 4 is 5.91 Å². The van der Waals surface area contributed by atoms with Crippen molar-refractivity contribution in [1.29, 1.82) is 0 Å². The fourth-order valence-electron chi connectivity index (χ4n) is 4.07. The molecule has 0 aromatic heterocycles. The first-order valence-electron chi connectivity index (χ1n) is 10.0. The van der Waals surface area contributed by atoms with Crippen LogP contribution in [0.4, 0.5) is 0 Å². The summed E-state index contributed by atoms with van der Waals surface area (Å²) in [6.45, 7) is 4.47. The minimum absolute atomic E-state index is 0.0141. The number of nitrogens with zero attached hydrogens (tertiary/aromatic N) is 1. The lowest BCUT2D eigenvalue weighted by atomic mass is 9.94. The molecule has 2 aromatic rings. The fourth-order valence-corrected chi connectivity index (χ4v) is 4.07. The Kier molecular flexibility index (Phi) is 6.34. The Labute approximate surface area is 166 Å². The number of nitrogens with one attached hydrogen (secondary N) is 3. The zero-order valence-electron chi connectivity index (χ0n) is 16.0. The van der Waals surface area contributed by atoms with Crippen molar-refractivity contribution in [2.45, 2.75) is 12.1 Å². The Hall–Kier alpha value is -2.25. The quantitative estimate of drug-likeness (QED) is 0.711. The van der Waals surface area contributed by atoms with E-state index >= 15 is 0 Å². The molecule has 2 aliphatic rings. The number of benzene rings is 2. The van der Waals surface area contributed by atoms with Gasteiger partial charge in [0.1, 0.15) is 0 Å². The lowest BCUT2D eigenvalue weighted by Gasteiger charge is -2.35. The molecule has 0 bridgehead atoms. The maximum atomic E-state index is 13.0. The molecule has 0 saturated carbocycles. The fraction of sp³-hybridized carbons (Fsp3) is 0.409. The second-order valence-electron chi connectivity index (χ2n) is 7.34. The van der Waals surface area contributed by atoms with Gasteiger partial charge in [-0.1, -0.05) is 60.7 Å². The molecule has 0 spiro atoms. The first-order valence-corrected chi connectivity index (χ1v) is 10.0. The third kappa shape index (κ3) is 4.42. The van der Waals surface area contributed by atoms with Crippen molar-refractivity contribution in [1.82, 2.24) is 21.1 Å². The van der Waals surface area contributed by atoms with Crippen LogP contribution in [0.3, 0.4) is 0 Å². The van der Waals surface area contributed by atoms with Crippen LogP contribution in [0.5, 0.6) is 0 Å². The van der Waals surface area contributed by atoms with Gasteiger partial charge in [0.2, 0.25) is 5.91 Å². The van der Waals surface area contributed by atoms with E-state index in [-0.39, 0.29) is 23.9 Å². The number of carbonyl (C=O) groups excluding carboxylic acids is 1. The van der Waals surface area contributed by atoms with E-state index in [2.05, 4.69) is 57.5 Å². The molecule has 0 radical (unpaired) electrons. The van der Waals surface area contributed by atoms with Gasteiger partial charge < -0.3 is 10.1 Å². The third-order valence-corrected chi connectivity index (χ3v) is 5.62. The zero-order valence-corrected chi connectivity index (χ0v) is 16.0. The molecule has 28 heavy (non-hydrogen) atoms. The minimum Gasteiger partial charge on any atom is -0.379 e. The summed E-state index contributed by atoms with van der Waals surface area (Å²) in [4.78, 5) is 15.4. The van der Waals surface area contributed by atoms with Crippen LogP contribution in [0.25, 0.3) is 0 Å². The zero-order chi connectivity index (χ0) is 19.2. The van der Waals surface area contributed by atoms with E-state index in [9.17, 15) is 4.79 Å². The standard InChI is InChI=1S/C22H28N4O2/c27-22(19-15-24-25-21(19)18-9-5-2-6-10-18)23-16-20(17-7-3-1-4-8-17)26-11-13-28-14-12-26/h1-10,19-21,24-25H,11-16H2,(H,23,27). The summed E-state index contributed by atoms with van der Waals surface area (Å²) in [5, 5.41) is 3.22. The van der Waals surface area contributed by atoms with E-state index in [1.807, 2.05) is 24.3 Å². The Balaban J connectivity index is 1.43. The highest BCUT2D eigenvalue weighted by Gasteiger charge is 2.34. The van der Waals surface area contributed by atoms with Crippen LogP contribution < -0.4 is 16.2 Å². The van der Waals surface area contributed by atoms with Crippen molar-refractivity contribution in [3.63, 3.8) is 0 Å². The van der Waals surface area contributed by atoms with E-state index in [0.29, 0.717) is 13.1 Å². The molecule has 3 N–H and O–H groups in total. The average Bonchev–Trinajstić information content (AvgIpc) is 3.26. The summed E-state index contributed by atoms with van der Waals surface area (Å²) in [6, 6.07) is 20.7. The topological polar surface area (TPSA) is 65.6 Å². The molecule has 6 nitrogen and oxygen atoms in total. The molecular formula is C22H28N4O2. The van der Waals surface area contributed by atoms with Gasteiger partial charge in [-0.05, 0) is 11.1 Å². The first kappa shape index (κ1) is 19.1. The minimum atomic E-state index is -0.136. The van der Waals surface area contributed by atoms with Crippen molar-refractivity contribution < 1.29 is 9.53 Å². The molecule has 0 aliphatic carbocycles. The summed E-state index contributed by atoms with van der Waals surface area (Å²) >= 11 is 0. The summed E-state index contributed by atoms with van der Waals surface area (Å²) in [5.74, 6) is -0.0518. The van der Waals surface area contributed by atoms with Gasteiger partial charge in [0.05, 0.1) is 31.2 Å². The predicted octanol–water partition coefficient (Wildman–Crippen LogP) is 1.64. The summed E-state index contributed by atoms with van der Waals surface area (Å²) in [5.41, 5.74) is 8.75. The molecule has 6 heteroatoms. The SMILES string of the molecule is O=C(NCC(c1ccccc1)N1CCOCC1)C1CNNC1c1ccccc1. The number of morpholine rings is 1. The van der Waals surface area contributed by atoms with Gasteiger partial charge in [-0.3, -0.25) is 15.1 Å². The highest BCUT2D eigenvalue weighted by atomic mass is 16.5. The van der Waals surface area contributed by atoms with Crippen LogP contribution in [-0.4, -0.2) is 50.2 Å². The number of hydrogen-bond donors (Lipinski definition) is 3. The molecule has 2 fully saturated rings. The number of hydrogen-bond acceptors (Lipinski definition) is 5. The maximum Gasteiger partial charge on any atom is 0.226 e. The lowest BCUT2D eigenvalue weighted by molar-refractivity contribution is -0.125. The molecule has 1 amide bonds. The number of rotatable bonds is 6. The second-order valence-corrected chi connectivity index (χ2v) is 7.34. The smallest absolute Gasteiger partial charge is 0.226 e. The van der Waals surface area contributed by atoms with E-state index in [1.165, 1.54) is 5.56 Å². The summed E-state index contributed by atoms with van der Waals surface area (Å²) in [6.07, 6.45) is 0. The lowest BCUT2D eigenvalue weighted by Crippen LogP contribution is -2.45. The van der Waals surface area contributed by atoms with Crippen LogP contribution >= 0.6 is 0 Å². The van der Waals surface area contributed by atoms with E-state index in [1.54, 1.807) is 0 Å². The van der Waals surface area contributed by atoms with Crippen LogP contribution in [0.1, 0.15) is 23.2 Å². The summed E-state index contributed by atoms with van der Waals surface area (Å²) < 4.78 is 5.51. The Morgan fingerprint density at radius 2 is 1.75 bits per heavy atom. The molecule has 2 heterocycles. The Morgan fingerprint density at radius 3 is 2.46 bits per heavy atom. The molecule has 3 atom stereocenters. The third-order valence-electron chi connectivity index (χ3n) is 5.62. The molecule has 2 aromatic carbocycles. The van der Waals surface area contributed by atoms with Gasteiger partial charge in [0.25, 0.3) is 0 Å². The number of hydrazine groups is 1. The normalized spacial score (nSPS) is 24.0. The van der Waals surface area contributed by atoms with Crippen molar-refractivity contribution in [3.05, 3.63) is 71.8 Å². The monoisotopic (exact) mass is 380 g/mol. The highest BCUT2D eigenvalue weighted by molar-refractivity contribution is 5.80. The molecule has 2 aliphatic heterocycles. The van der Waals surface area contributed by atoms with Crippen molar-refractivity contribution in [2.24, 2.45) is 5.92 Å². The largest absolute Gasteiger partial charge is 0.379 e.